The van der Waals surface area contributed by atoms with E-state index in [2.05, 4.69) is 6.07 Å². The number of Topliss-reactive ketones (excluding diaryl/α,β-unsaturated/α-hetero) is 1. The van der Waals surface area contributed by atoms with Crippen LogP contribution in [0, 0.1) is 11.3 Å². The SMILES string of the molecule is N#Cc1ccsc1C(=O)N1CCC[C@H]1CC(=O)c1ccccc1. The van der Waals surface area contributed by atoms with Gasteiger partial charge in [0.2, 0.25) is 0 Å². The number of carbonyl (C=O) groups excluding carboxylic acids is 2. The highest BCUT2D eigenvalue weighted by Gasteiger charge is 2.32. The lowest BCUT2D eigenvalue weighted by Gasteiger charge is -2.24. The van der Waals surface area contributed by atoms with Gasteiger partial charge in [-0.3, -0.25) is 9.59 Å². The largest absolute Gasteiger partial charge is 0.334 e. The third-order valence-electron chi connectivity index (χ3n) is 4.13. The summed E-state index contributed by atoms with van der Waals surface area (Å²) in [6.45, 7) is 0.647. The summed E-state index contributed by atoms with van der Waals surface area (Å²) in [6.07, 6.45) is 2.06. The smallest absolute Gasteiger partial charge is 0.265 e. The molecule has 2 aromatic rings. The molecule has 0 bridgehead atoms. The van der Waals surface area contributed by atoms with Gasteiger partial charge in [0.05, 0.1) is 5.56 Å². The summed E-state index contributed by atoms with van der Waals surface area (Å²) in [5.74, 6) is -0.0677. The minimum absolute atomic E-state index is 0.0574. The van der Waals surface area contributed by atoms with Crippen LogP contribution in [0.25, 0.3) is 0 Å². The Hall–Kier alpha value is -2.45. The van der Waals surface area contributed by atoms with Crippen molar-refractivity contribution in [2.75, 3.05) is 6.54 Å². The summed E-state index contributed by atoms with van der Waals surface area (Å²) >= 11 is 1.29. The molecule has 3 rings (SSSR count). The van der Waals surface area contributed by atoms with Gasteiger partial charge in [0.1, 0.15) is 10.9 Å². The molecule has 1 aliphatic heterocycles. The molecule has 0 radical (unpaired) electrons. The lowest BCUT2D eigenvalue weighted by molar-refractivity contribution is 0.0721. The van der Waals surface area contributed by atoms with Crippen molar-refractivity contribution >= 4 is 23.0 Å². The van der Waals surface area contributed by atoms with Crippen molar-refractivity contribution in [2.45, 2.75) is 25.3 Å². The topological polar surface area (TPSA) is 61.2 Å². The minimum atomic E-state index is -0.125. The van der Waals surface area contributed by atoms with Crippen molar-refractivity contribution in [3.63, 3.8) is 0 Å². The van der Waals surface area contributed by atoms with E-state index in [9.17, 15) is 9.59 Å². The first-order valence-corrected chi connectivity index (χ1v) is 8.45. The molecule has 1 aromatic heterocycles. The first-order chi connectivity index (χ1) is 11.2. The van der Waals surface area contributed by atoms with Gasteiger partial charge in [0.15, 0.2) is 5.78 Å². The van der Waals surface area contributed by atoms with Crippen LogP contribution in [0.15, 0.2) is 41.8 Å². The van der Waals surface area contributed by atoms with Crippen molar-refractivity contribution in [3.8, 4) is 6.07 Å². The van der Waals surface area contributed by atoms with Crippen LogP contribution in [0.5, 0.6) is 0 Å². The van der Waals surface area contributed by atoms with Crippen LogP contribution < -0.4 is 0 Å². The molecule has 1 saturated heterocycles. The number of ketones is 1. The highest BCUT2D eigenvalue weighted by Crippen LogP contribution is 2.27. The summed E-state index contributed by atoms with van der Waals surface area (Å²) in [5.41, 5.74) is 1.10. The molecule has 0 aliphatic carbocycles. The second-order valence-corrected chi connectivity index (χ2v) is 6.48. The van der Waals surface area contributed by atoms with Crippen molar-refractivity contribution in [1.29, 1.82) is 5.26 Å². The zero-order chi connectivity index (χ0) is 16.2. The maximum Gasteiger partial charge on any atom is 0.265 e. The number of benzene rings is 1. The van der Waals surface area contributed by atoms with E-state index in [1.54, 1.807) is 28.5 Å². The highest BCUT2D eigenvalue weighted by atomic mass is 32.1. The molecule has 1 aliphatic rings. The fourth-order valence-corrected chi connectivity index (χ4v) is 3.76. The van der Waals surface area contributed by atoms with E-state index in [-0.39, 0.29) is 17.7 Å². The summed E-state index contributed by atoms with van der Waals surface area (Å²) in [6, 6.07) is 12.8. The molecule has 0 unspecified atom stereocenters. The quantitative estimate of drug-likeness (QED) is 0.809. The number of nitrogens with zero attached hydrogens (tertiary/aromatic N) is 2. The second kappa shape index (κ2) is 6.76. The average Bonchev–Trinajstić information content (AvgIpc) is 3.24. The van der Waals surface area contributed by atoms with Gasteiger partial charge in [0, 0.05) is 24.6 Å². The first kappa shape index (κ1) is 15.4. The summed E-state index contributed by atoms with van der Waals surface area (Å²) in [4.78, 5) is 27.3. The number of hydrogen-bond acceptors (Lipinski definition) is 4. The Labute approximate surface area is 139 Å². The Bertz CT molecular complexity index is 761. The van der Waals surface area contributed by atoms with E-state index in [0.717, 1.165) is 12.8 Å². The van der Waals surface area contributed by atoms with Crippen LogP contribution in [0.2, 0.25) is 0 Å². The van der Waals surface area contributed by atoms with E-state index in [1.807, 2.05) is 18.2 Å². The van der Waals surface area contributed by atoms with E-state index < -0.39 is 0 Å². The standard InChI is InChI=1S/C18H16N2O2S/c19-12-14-8-10-23-17(14)18(22)20-9-4-7-15(20)11-16(21)13-5-2-1-3-6-13/h1-3,5-6,8,10,15H,4,7,9,11H2/t15-/m0/s1. The number of carbonyl (C=O) groups is 2. The summed E-state index contributed by atoms with van der Waals surface area (Å²) < 4.78 is 0. The van der Waals surface area contributed by atoms with Gasteiger partial charge in [-0.15, -0.1) is 11.3 Å². The van der Waals surface area contributed by atoms with Gasteiger partial charge in [0.25, 0.3) is 5.91 Å². The molecule has 1 fully saturated rings. The van der Waals surface area contributed by atoms with Gasteiger partial charge >= 0.3 is 0 Å². The lowest BCUT2D eigenvalue weighted by atomic mass is 10.0. The van der Waals surface area contributed by atoms with Gasteiger partial charge in [-0.25, -0.2) is 0 Å². The predicted molar refractivity (Wildman–Crippen MR) is 88.5 cm³/mol. The van der Waals surface area contributed by atoms with E-state index in [0.29, 0.717) is 29.0 Å². The maximum absolute atomic E-state index is 12.7. The van der Waals surface area contributed by atoms with E-state index >= 15 is 0 Å². The Morgan fingerprint density at radius 1 is 1.26 bits per heavy atom. The average molecular weight is 324 g/mol. The number of likely N-dealkylation sites (tertiary alicyclic amines) is 1. The first-order valence-electron chi connectivity index (χ1n) is 7.57. The van der Waals surface area contributed by atoms with Crippen LogP contribution in [0.3, 0.4) is 0 Å². The fraction of sp³-hybridized carbons (Fsp3) is 0.278. The van der Waals surface area contributed by atoms with Gasteiger partial charge in [-0.05, 0) is 24.3 Å². The monoisotopic (exact) mass is 324 g/mol. The van der Waals surface area contributed by atoms with E-state index in [1.165, 1.54) is 11.3 Å². The molecule has 4 nitrogen and oxygen atoms in total. The predicted octanol–water partition coefficient (Wildman–Crippen LogP) is 3.50. The fourth-order valence-electron chi connectivity index (χ4n) is 2.96. The number of amides is 1. The Morgan fingerprint density at radius 3 is 2.78 bits per heavy atom. The van der Waals surface area contributed by atoms with Crippen molar-refractivity contribution < 1.29 is 9.59 Å². The highest BCUT2D eigenvalue weighted by molar-refractivity contribution is 7.12. The lowest BCUT2D eigenvalue weighted by Crippen LogP contribution is -2.36. The number of hydrogen-bond donors (Lipinski definition) is 0. The minimum Gasteiger partial charge on any atom is -0.334 e. The summed E-state index contributed by atoms with van der Waals surface area (Å²) in [7, 11) is 0. The molecule has 23 heavy (non-hydrogen) atoms. The molecule has 0 saturated carbocycles. The molecule has 2 heterocycles. The molecule has 0 N–H and O–H groups in total. The van der Waals surface area contributed by atoms with Crippen molar-refractivity contribution in [1.82, 2.24) is 4.90 Å². The molecular weight excluding hydrogens is 308 g/mol. The third kappa shape index (κ3) is 3.17. The molecule has 0 spiro atoms. The Morgan fingerprint density at radius 2 is 2.04 bits per heavy atom. The molecule has 1 atom stereocenters. The van der Waals surface area contributed by atoms with Crippen LogP contribution in [-0.4, -0.2) is 29.2 Å². The molecular formula is C18H16N2O2S. The van der Waals surface area contributed by atoms with Crippen LogP contribution >= 0.6 is 11.3 Å². The zero-order valence-electron chi connectivity index (χ0n) is 12.6. The van der Waals surface area contributed by atoms with Crippen LogP contribution in [-0.2, 0) is 0 Å². The van der Waals surface area contributed by atoms with Gasteiger partial charge < -0.3 is 4.90 Å². The van der Waals surface area contributed by atoms with Crippen molar-refractivity contribution in [2.24, 2.45) is 0 Å². The van der Waals surface area contributed by atoms with Gasteiger partial charge in [-0.2, -0.15) is 5.26 Å². The third-order valence-corrected chi connectivity index (χ3v) is 5.04. The van der Waals surface area contributed by atoms with Crippen LogP contribution in [0.4, 0.5) is 0 Å². The second-order valence-electron chi connectivity index (χ2n) is 5.56. The normalized spacial score (nSPS) is 17.0. The maximum atomic E-state index is 12.7. The number of rotatable bonds is 4. The molecule has 1 amide bonds. The Balaban J connectivity index is 1.75. The van der Waals surface area contributed by atoms with E-state index in [4.69, 9.17) is 5.26 Å². The molecule has 116 valence electrons. The van der Waals surface area contributed by atoms with Crippen molar-refractivity contribution in [3.05, 3.63) is 57.8 Å². The molecule has 5 heteroatoms. The number of thiophene rings is 1. The summed E-state index contributed by atoms with van der Waals surface area (Å²) in [5, 5.41) is 10.8. The number of nitriles is 1. The molecule has 1 aromatic carbocycles. The zero-order valence-corrected chi connectivity index (χ0v) is 13.4. The van der Waals surface area contributed by atoms with Crippen LogP contribution in [0.1, 0.15) is 44.9 Å². The Kier molecular flexibility index (Phi) is 4.54. The van der Waals surface area contributed by atoms with Gasteiger partial charge in [-0.1, -0.05) is 30.3 Å².